The fourth-order valence-electron chi connectivity index (χ4n) is 2.24. The van der Waals surface area contributed by atoms with E-state index in [1.165, 1.54) is 6.07 Å². The lowest BCUT2D eigenvalue weighted by molar-refractivity contribution is -0.121. The van der Waals surface area contributed by atoms with Crippen molar-refractivity contribution >= 4 is 17.7 Å². The molecular formula is C16H20FNOS. The SMILES string of the molecule is O=C(CC1C=CCC1)NCCSCc1ccccc1F. The number of hydrogen-bond donors (Lipinski definition) is 1. The third-order valence-corrected chi connectivity index (χ3v) is 4.35. The Bertz CT molecular complexity index is 475. The lowest BCUT2D eigenvalue weighted by atomic mass is 10.1. The van der Waals surface area contributed by atoms with E-state index in [-0.39, 0.29) is 11.7 Å². The summed E-state index contributed by atoms with van der Waals surface area (Å²) in [6.07, 6.45) is 7.05. The lowest BCUT2D eigenvalue weighted by Gasteiger charge is -2.08. The molecule has 0 bridgehead atoms. The number of rotatable bonds is 7. The van der Waals surface area contributed by atoms with Crippen LogP contribution in [0.3, 0.4) is 0 Å². The van der Waals surface area contributed by atoms with E-state index in [1.54, 1.807) is 23.9 Å². The summed E-state index contributed by atoms with van der Waals surface area (Å²) in [6.45, 7) is 0.647. The molecule has 108 valence electrons. The summed E-state index contributed by atoms with van der Waals surface area (Å²) >= 11 is 1.64. The zero-order valence-electron chi connectivity index (χ0n) is 11.5. The minimum atomic E-state index is -0.156. The van der Waals surface area contributed by atoms with Crippen LogP contribution >= 0.6 is 11.8 Å². The number of carbonyl (C=O) groups excluding carboxylic acids is 1. The molecule has 0 heterocycles. The predicted molar refractivity (Wildman–Crippen MR) is 82.1 cm³/mol. The minimum Gasteiger partial charge on any atom is -0.355 e. The molecule has 0 radical (unpaired) electrons. The maximum atomic E-state index is 13.4. The topological polar surface area (TPSA) is 29.1 Å². The van der Waals surface area contributed by atoms with Gasteiger partial charge in [0, 0.05) is 24.5 Å². The van der Waals surface area contributed by atoms with Crippen LogP contribution in [0.2, 0.25) is 0 Å². The maximum absolute atomic E-state index is 13.4. The molecular weight excluding hydrogens is 273 g/mol. The summed E-state index contributed by atoms with van der Waals surface area (Å²) in [5.41, 5.74) is 0.722. The highest BCUT2D eigenvalue weighted by molar-refractivity contribution is 7.98. The Kier molecular flexibility index (Phi) is 6.12. The average Bonchev–Trinajstić information content (AvgIpc) is 2.93. The number of nitrogens with one attached hydrogen (secondary N) is 1. The van der Waals surface area contributed by atoms with E-state index in [2.05, 4.69) is 17.5 Å². The van der Waals surface area contributed by atoms with Crippen molar-refractivity contribution in [2.24, 2.45) is 5.92 Å². The highest BCUT2D eigenvalue weighted by atomic mass is 32.2. The molecule has 2 rings (SSSR count). The van der Waals surface area contributed by atoms with Crippen LogP contribution in [-0.4, -0.2) is 18.2 Å². The standard InChI is InChI=1S/C16H20FNOS/c17-15-8-4-3-7-14(15)12-20-10-9-18-16(19)11-13-5-1-2-6-13/h1,3-5,7-8,13H,2,6,9-12H2,(H,18,19). The Morgan fingerprint density at radius 1 is 1.40 bits per heavy atom. The van der Waals surface area contributed by atoms with Crippen LogP contribution < -0.4 is 5.32 Å². The quantitative estimate of drug-likeness (QED) is 0.615. The van der Waals surface area contributed by atoms with E-state index < -0.39 is 0 Å². The molecule has 1 amide bonds. The van der Waals surface area contributed by atoms with E-state index in [4.69, 9.17) is 0 Å². The first-order chi connectivity index (χ1) is 9.75. The zero-order valence-corrected chi connectivity index (χ0v) is 12.3. The van der Waals surface area contributed by atoms with Crippen LogP contribution in [0.1, 0.15) is 24.8 Å². The van der Waals surface area contributed by atoms with Crippen LogP contribution in [0.25, 0.3) is 0 Å². The van der Waals surface area contributed by atoms with Crippen molar-refractivity contribution in [1.82, 2.24) is 5.32 Å². The van der Waals surface area contributed by atoms with Gasteiger partial charge in [0.25, 0.3) is 0 Å². The van der Waals surface area contributed by atoms with E-state index in [0.29, 0.717) is 24.6 Å². The second-order valence-electron chi connectivity index (χ2n) is 4.96. The fraction of sp³-hybridized carbons (Fsp3) is 0.438. The molecule has 0 spiro atoms. The summed E-state index contributed by atoms with van der Waals surface area (Å²) in [5.74, 6) is 1.83. The monoisotopic (exact) mass is 293 g/mol. The second kappa shape index (κ2) is 8.10. The molecule has 1 aliphatic carbocycles. The van der Waals surface area contributed by atoms with Crippen molar-refractivity contribution in [3.05, 3.63) is 47.8 Å². The van der Waals surface area contributed by atoms with Crippen LogP contribution in [0.4, 0.5) is 4.39 Å². The Labute approximate surface area is 123 Å². The number of amides is 1. The molecule has 2 nitrogen and oxygen atoms in total. The molecule has 0 aromatic heterocycles. The lowest BCUT2D eigenvalue weighted by Crippen LogP contribution is -2.27. The second-order valence-corrected chi connectivity index (χ2v) is 6.07. The van der Waals surface area contributed by atoms with Crippen molar-refractivity contribution in [2.75, 3.05) is 12.3 Å². The molecule has 4 heteroatoms. The third-order valence-electron chi connectivity index (χ3n) is 3.34. The van der Waals surface area contributed by atoms with Gasteiger partial charge in [-0.3, -0.25) is 4.79 Å². The minimum absolute atomic E-state index is 0.119. The van der Waals surface area contributed by atoms with Gasteiger partial charge in [0.1, 0.15) is 5.82 Å². The van der Waals surface area contributed by atoms with Crippen molar-refractivity contribution in [3.63, 3.8) is 0 Å². The number of halogens is 1. The van der Waals surface area contributed by atoms with Gasteiger partial charge in [-0.15, -0.1) is 0 Å². The summed E-state index contributed by atoms with van der Waals surface area (Å²) in [6, 6.07) is 6.82. The number of hydrogen-bond acceptors (Lipinski definition) is 2. The van der Waals surface area contributed by atoms with E-state index >= 15 is 0 Å². The molecule has 1 N–H and O–H groups in total. The largest absolute Gasteiger partial charge is 0.355 e. The van der Waals surface area contributed by atoms with Crippen LogP contribution in [0, 0.1) is 11.7 Å². The molecule has 0 saturated heterocycles. The van der Waals surface area contributed by atoms with Gasteiger partial charge < -0.3 is 5.32 Å². The summed E-state index contributed by atoms with van der Waals surface area (Å²) in [7, 11) is 0. The van der Waals surface area contributed by atoms with Gasteiger partial charge in [-0.2, -0.15) is 11.8 Å². The maximum Gasteiger partial charge on any atom is 0.220 e. The molecule has 20 heavy (non-hydrogen) atoms. The van der Waals surface area contributed by atoms with Gasteiger partial charge in [0.2, 0.25) is 5.91 Å². The van der Waals surface area contributed by atoms with Gasteiger partial charge in [0.15, 0.2) is 0 Å². The van der Waals surface area contributed by atoms with Crippen molar-refractivity contribution < 1.29 is 9.18 Å². The first-order valence-electron chi connectivity index (χ1n) is 7.00. The molecule has 1 unspecified atom stereocenters. The van der Waals surface area contributed by atoms with Gasteiger partial charge in [-0.05, 0) is 30.4 Å². The Morgan fingerprint density at radius 3 is 3.00 bits per heavy atom. The first kappa shape index (κ1) is 15.1. The van der Waals surface area contributed by atoms with Gasteiger partial charge in [0.05, 0.1) is 0 Å². The van der Waals surface area contributed by atoms with Crippen LogP contribution in [0.15, 0.2) is 36.4 Å². The molecule has 0 aliphatic heterocycles. The highest BCUT2D eigenvalue weighted by Crippen LogP contribution is 2.20. The van der Waals surface area contributed by atoms with E-state index in [9.17, 15) is 9.18 Å². The molecule has 0 fully saturated rings. The Balaban J connectivity index is 1.56. The van der Waals surface area contributed by atoms with E-state index in [0.717, 1.165) is 24.2 Å². The normalized spacial score (nSPS) is 17.4. The summed E-state index contributed by atoms with van der Waals surface area (Å²) in [4.78, 5) is 11.7. The van der Waals surface area contributed by atoms with Gasteiger partial charge >= 0.3 is 0 Å². The van der Waals surface area contributed by atoms with Crippen molar-refractivity contribution in [1.29, 1.82) is 0 Å². The van der Waals surface area contributed by atoms with E-state index in [1.807, 2.05) is 6.07 Å². The predicted octanol–water partition coefficient (Wildman–Crippen LogP) is 3.53. The van der Waals surface area contributed by atoms with Crippen LogP contribution in [-0.2, 0) is 10.5 Å². The fourth-order valence-corrected chi connectivity index (χ4v) is 3.08. The molecule has 1 atom stereocenters. The molecule has 1 aliphatic rings. The van der Waals surface area contributed by atoms with Crippen LogP contribution in [0.5, 0.6) is 0 Å². The van der Waals surface area contributed by atoms with Crippen molar-refractivity contribution in [2.45, 2.75) is 25.0 Å². The molecule has 0 saturated carbocycles. The van der Waals surface area contributed by atoms with Crippen molar-refractivity contribution in [3.8, 4) is 0 Å². The van der Waals surface area contributed by atoms with Gasteiger partial charge in [-0.1, -0.05) is 30.4 Å². The number of allylic oxidation sites excluding steroid dienone is 2. The average molecular weight is 293 g/mol. The van der Waals surface area contributed by atoms with Gasteiger partial charge in [-0.25, -0.2) is 4.39 Å². The first-order valence-corrected chi connectivity index (χ1v) is 8.15. The summed E-state index contributed by atoms with van der Waals surface area (Å²) in [5, 5.41) is 2.92. The summed E-state index contributed by atoms with van der Waals surface area (Å²) < 4.78 is 13.4. The zero-order chi connectivity index (χ0) is 14.2. The Hall–Kier alpha value is -1.29. The molecule has 1 aromatic carbocycles. The highest BCUT2D eigenvalue weighted by Gasteiger charge is 2.13. The molecule has 1 aromatic rings. The smallest absolute Gasteiger partial charge is 0.220 e. The Morgan fingerprint density at radius 2 is 2.25 bits per heavy atom. The number of thioether (sulfide) groups is 1. The number of carbonyl (C=O) groups is 1. The number of benzene rings is 1. The third kappa shape index (κ3) is 5.00.